The van der Waals surface area contributed by atoms with Crippen molar-refractivity contribution in [1.82, 2.24) is 9.47 Å². The van der Waals surface area contributed by atoms with Gasteiger partial charge in [-0.25, -0.2) is 0 Å². The molecule has 5 rings (SSSR count). The number of ether oxygens (including phenoxy) is 1. The lowest BCUT2D eigenvalue weighted by molar-refractivity contribution is 0.223. The second-order valence-electron chi connectivity index (χ2n) is 8.69. The van der Waals surface area contributed by atoms with E-state index >= 15 is 0 Å². The highest BCUT2D eigenvalue weighted by molar-refractivity contribution is 7.98. The predicted octanol–water partition coefficient (Wildman–Crippen LogP) is 3.86. The molecular formula is C28H32N2O2S. The molecule has 0 saturated heterocycles. The smallest absolute Gasteiger partial charge is 0.119 e. The molecule has 1 unspecified atom stereocenters. The minimum Gasteiger partial charge on any atom is -0.492 e. The van der Waals surface area contributed by atoms with Gasteiger partial charge in [0.05, 0.1) is 11.8 Å². The molecule has 1 aromatic heterocycles. The Morgan fingerprint density at radius 1 is 1.09 bits per heavy atom. The van der Waals surface area contributed by atoms with Crippen molar-refractivity contribution in [2.24, 2.45) is 0 Å². The molecule has 0 spiro atoms. The van der Waals surface area contributed by atoms with Crippen LogP contribution in [-0.2, 0) is 12.3 Å². The molecule has 0 fully saturated rings. The SMILES string of the molecule is CCN(CC)CCOc1ccc(Cn2c3c(c4c2=CCC(O)C=4)CSc2ccccc2-3)cc1. The summed E-state index contributed by atoms with van der Waals surface area (Å²) in [6.07, 6.45) is 4.53. The van der Waals surface area contributed by atoms with Gasteiger partial charge in [-0.15, -0.1) is 11.8 Å². The standard InChI is InChI=1S/C28H32N2O2S/c1-3-29(4-2)15-16-32-22-12-9-20(10-13-22)18-30-26-14-11-21(31)17-24(26)25-19-33-27-8-6-5-7-23(27)28(25)30/h5-10,12-14,17,21,31H,3-4,11,15-16,18-19H2,1-2H3. The molecule has 172 valence electrons. The molecule has 1 aliphatic heterocycles. The second-order valence-corrected chi connectivity index (χ2v) is 9.71. The fourth-order valence-electron chi connectivity index (χ4n) is 4.87. The van der Waals surface area contributed by atoms with Crippen molar-refractivity contribution in [2.75, 3.05) is 26.2 Å². The summed E-state index contributed by atoms with van der Waals surface area (Å²) in [5.74, 6) is 1.87. The number of likely N-dealkylation sites (N-methyl/N-ethyl adjacent to an activating group) is 1. The normalized spacial score (nSPS) is 16.4. The second kappa shape index (κ2) is 9.80. The van der Waals surface area contributed by atoms with Crippen molar-refractivity contribution in [3.8, 4) is 17.0 Å². The van der Waals surface area contributed by atoms with Gasteiger partial charge in [-0.3, -0.25) is 0 Å². The third-order valence-corrected chi connectivity index (χ3v) is 7.81. The van der Waals surface area contributed by atoms with Crippen LogP contribution in [-0.4, -0.2) is 46.9 Å². The summed E-state index contributed by atoms with van der Waals surface area (Å²) < 4.78 is 8.43. The van der Waals surface area contributed by atoms with Crippen LogP contribution in [0.25, 0.3) is 23.4 Å². The Balaban J connectivity index is 1.44. The number of aliphatic hydroxyl groups excluding tert-OH is 1. The lowest BCUT2D eigenvalue weighted by Crippen LogP contribution is -2.35. The Labute approximate surface area is 200 Å². The first-order valence-electron chi connectivity index (χ1n) is 12.0. The minimum atomic E-state index is -0.396. The van der Waals surface area contributed by atoms with E-state index in [1.165, 1.54) is 37.8 Å². The van der Waals surface area contributed by atoms with Gasteiger partial charge in [-0.05, 0) is 54.9 Å². The lowest BCUT2D eigenvalue weighted by Gasteiger charge is -2.20. The monoisotopic (exact) mass is 460 g/mol. The molecule has 5 heteroatoms. The van der Waals surface area contributed by atoms with Gasteiger partial charge >= 0.3 is 0 Å². The number of hydrogen-bond donors (Lipinski definition) is 1. The summed E-state index contributed by atoms with van der Waals surface area (Å²) in [4.78, 5) is 3.70. The summed E-state index contributed by atoms with van der Waals surface area (Å²) in [6, 6.07) is 17.2. The van der Waals surface area contributed by atoms with Gasteiger partial charge in [0, 0.05) is 39.9 Å². The minimum absolute atomic E-state index is 0.396. The fraction of sp³-hybridized carbons (Fsp3) is 0.357. The molecule has 3 aromatic rings. The quantitative estimate of drug-likeness (QED) is 0.554. The van der Waals surface area contributed by atoms with Gasteiger partial charge in [0.1, 0.15) is 12.4 Å². The van der Waals surface area contributed by atoms with Gasteiger partial charge in [0.2, 0.25) is 0 Å². The van der Waals surface area contributed by atoms with Crippen LogP contribution >= 0.6 is 11.8 Å². The third-order valence-electron chi connectivity index (χ3n) is 6.71. The summed E-state index contributed by atoms with van der Waals surface area (Å²) in [5, 5.41) is 12.7. The number of aliphatic hydroxyl groups is 1. The fourth-order valence-corrected chi connectivity index (χ4v) is 5.96. The molecule has 0 bridgehead atoms. The van der Waals surface area contributed by atoms with Crippen molar-refractivity contribution < 1.29 is 9.84 Å². The number of thioether (sulfide) groups is 1. The van der Waals surface area contributed by atoms with Crippen LogP contribution in [0.15, 0.2) is 53.4 Å². The van der Waals surface area contributed by atoms with E-state index in [1.54, 1.807) is 0 Å². The van der Waals surface area contributed by atoms with Crippen molar-refractivity contribution in [2.45, 2.75) is 43.6 Å². The Morgan fingerprint density at radius 3 is 2.67 bits per heavy atom. The topological polar surface area (TPSA) is 37.6 Å². The maximum absolute atomic E-state index is 10.3. The molecular weight excluding hydrogens is 428 g/mol. The van der Waals surface area contributed by atoms with Gasteiger partial charge in [-0.1, -0.05) is 50.3 Å². The van der Waals surface area contributed by atoms with E-state index in [0.717, 1.165) is 37.7 Å². The Morgan fingerprint density at radius 2 is 1.88 bits per heavy atom. The number of aromatic nitrogens is 1. The number of rotatable bonds is 8. The molecule has 0 radical (unpaired) electrons. The molecule has 2 aliphatic rings. The van der Waals surface area contributed by atoms with E-state index in [0.29, 0.717) is 13.0 Å². The highest BCUT2D eigenvalue weighted by Gasteiger charge is 2.25. The molecule has 0 amide bonds. The van der Waals surface area contributed by atoms with Crippen molar-refractivity contribution in [1.29, 1.82) is 0 Å². The van der Waals surface area contributed by atoms with Crippen LogP contribution < -0.4 is 15.3 Å². The first-order valence-corrected chi connectivity index (χ1v) is 12.9. The van der Waals surface area contributed by atoms with Crippen LogP contribution in [0.4, 0.5) is 0 Å². The lowest BCUT2D eigenvalue weighted by atomic mass is 10.0. The average Bonchev–Trinajstić information content (AvgIpc) is 3.16. The van der Waals surface area contributed by atoms with E-state index in [-0.39, 0.29) is 0 Å². The van der Waals surface area contributed by atoms with Crippen molar-refractivity contribution in [3.05, 3.63) is 70.2 Å². The summed E-state index contributed by atoms with van der Waals surface area (Å²) in [7, 11) is 0. The molecule has 1 atom stereocenters. The van der Waals surface area contributed by atoms with Crippen LogP contribution in [0.5, 0.6) is 5.75 Å². The van der Waals surface area contributed by atoms with E-state index in [2.05, 4.69) is 77.9 Å². The maximum Gasteiger partial charge on any atom is 0.119 e. The van der Waals surface area contributed by atoms with E-state index < -0.39 is 6.10 Å². The van der Waals surface area contributed by atoms with Crippen LogP contribution in [0.3, 0.4) is 0 Å². The van der Waals surface area contributed by atoms with Gasteiger partial charge in [0.15, 0.2) is 0 Å². The zero-order valence-corrected chi connectivity index (χ0v) is 20.3. The average molecular weight is 461 g/mol. The molecule has 4 nitrogen and oxygen atoms in total. The number of benzene rings is 2. The van der Waals surface area contributed by atoms with Crippen molar-refractivity contribution >= 4 is 23.9 Å². The van der Waals surface area contributed by atoms with Gasteiger partial charge in [0.25, 0.3) is 0 Å². The first kappa shape index (κ1) is 22.3. The third kappa shape index (κ3) is 4.50. The molecule has 1 aliphatic carbocycles. The van der Waals surface area contributed by atoms with Crippen LogP contribution in [0.2, 0.25) is 0 Å². The Hall–Kier alpha value is -2.47. The Kier molecular flexibility index (Phi) is 6.63. The van der Waals surface area contributed by atoms with E-state index in [1.807, 2.05) is 17.8 Å². The van der Waals surface area contributed by atoms with Crippen molar-refractivity contribution in [3.63, 3.8) is 0 Å². The van der Waals surface area contributed by atoms with Crippen LogP contribution in [0, 0.1) is 0 Å². The molecule has 2 aromatic carbocycles. The summed E-state index contributed by atoms with van der Waals surface area (Å²) in [5.41, 5.74) is 5.20. The zero-order chi connectivity index (χ0) is 22.8. The largest absolute Gasteiger partial charge is 0.492 e. The summed E-state index contributed by atoms with van der Waals surface area (Å²) in [6.45, 7) is 8.94. The number of hydrogen-bond acceptors (Lipinski definition) is 4. The maximum atomic E-state index is 10.3. The molecule has 1 N–H and O–H groups in total. The van der Waals surface area contributed by atoms with E-state index in [9.17, 15) is 5.11 Å². The number of nitrogens with zero attached hydrogens (tertiary/aromatic N) is 2. The van der Waals surface area contributed by atoms with E-state index in [4.69, 9.17) is 4.74 Å². The van der Waals surface area contributed by atoms with Gasteiger partial charge < -0.3 is 19.3 Å². The summed E-state index contributed by atoms with van der Waals surface area (Å²) >= 11 is 1.89. The zero-order valence-electron chi connectivity index (χ0n) is 19.5. The molecule has 2 heterocycles. The molecule has 33 heavy (non-hydrogen) atoms. The Bertz CT molecular complexity index is 1240. The molecule has 0 saturated carbocycles. The van der Waals surface area contributed by atoms with Gasteiger partial charge in [-0.2, -0.15) is 0 Å². The number of fused-ring (bicyclic) bond motifs is 5. The predicted molar refractivity (Wildman–Crippen MR) is 137 cm³/mol. The van der Waals surface area contributed by atoms with Crippen LogP contribution in [0.1, 0.15) is 31.4 Å². The highest BCUT2D eigenvalue weighted by atomic mass is 32.2. The first-order chi connectivity index (χ1) is 16.2. The highest BCUT2D eigenvalue weighted by Crippen LogP contribution is 2.40.